The van der Waals surface area contributed by atoms with Gasteiger partial charge in [-0.2, -0.15) is 13.2 Å². The molecule has 0 aliphatic carbocycles. The fraction of sp³-hybridized carbons (Fsp3) is 0.400. The Morgan fingerprint density at radius 2 is 1.50 bits per heavy atom. The highest BCUT2D eigenvalue weighted by atomic mass is 32.2. The van der Waals surface area contributed by atoms with Gasteiger partial charge in [0.1, 0.15) is 0 Å². The van der Waals surface area contributed by atoms with Gasteiger partial charge in [-0.1, -0.05) is 30.3 Å². The molecule has 0 bridgehead atoms. The van der Waals surface area contributed by atoms with E-state index in [1.165, 1.54) is 12.1 Å². The molecule has 0 unspecified atom stereocenters. The fourth-order valence-electron chi connectivity index (χ4n) is 2.63. The van der Waals surface area contributed by atoms with Crippen LogP contribution >= 0.6 is 0 Å². The summed E-state index contributed by atoms with van der Waals surface area (Å²) in [6.45, 7) is 5.01. The standard InChI is InChI=1S/C20H23F3O2S/c1-14(2)26(24,25)13-17-6-4-16(5-7-17)8-9-18-10-11-19(12-15(18)3)20(21,22)23/h4-7,10-12,14H,8-9,13H2,1-3H3. The minimum Gasteiger partial charge on any atom is -0.228 e. The van der Waals surface area contributed by atoms with Crippen LogP contribution in [0.5, 0.6) is 0 Å². The van der Waals surface area contributed by atoms with E-state index in [4.69, 9.17) is 0 Å². The van der Waals surface area contributed by atoms with Crippen LogP contribution in [0.1, 0.15) is 41.7 Å². The maximum atomic E-state index is 12.7. The molecule has 0 N–H and O–H groups in total. The Balaban J connectivity index is 2.02. The van der Waals surface area contributed by atoms with Crippen molar-refractivity contribution in [1.29, 1.82) is 0 Å². The summed E-state index contributed by atoms with van der Waals surface area (Å²) in [5.74, 6) is 0.0168. The molecule has 0 aliphatic rings. The van der Waals surface area contributed by atoms with Gasteiger partial charge in [0.2, 0.25) is 0 Å². The van der Waals surface area contributed by atoms with Gasteiger partial charge in [0.15, 0.2) is 9.84 Å². The first-order chi connectivity index (χ1) is 12.0. The van der Waals surface area contributed by atoms with Crippen LogP contribution < -0.4 is 0 Å². The first kappa shape index (κ1) is 20.5. The predicted molar refractivity (Wildman–Crippen MR) is 97.8 cm³/mol. The highest BCUT2D eigenvalue weighted by Gasteiger charge is 2.30. The number of benzene rings is 2. The van der Waals surface area contributed by atoms with E-state index in [-0.39, 0.29) is 5.75 Å². The molecule has 0 saturated carbocycles. The van der Waals surface area contributed by atoms with Crippen molar-refractivity contribution in [3.63, 3.8) is 0 Å². The van der Waals surface area contributed by atoms with Crippen LogP contribution in [0.25, 0.3) is 0 Å². The lowest BCUT2D eigenvalue weighted by Gasteiger charge is -2.11. The highest BCUT2D eigenvalue weighted by Crippen LogP contribution is 2.30. The highest BCUT2D eigenvalue weighted by molar-refractivity contribution is 7.91. The lowest BCUT2D eigenvalue weighted by atomic mass is 9.98. The number of sulfone groups is 1. The van der Waals surface area contributed by atoms with Crippen molar-refractivity contribution >= 4 is 9.84 Å². The minimum atomic E-state index is -4.32. The smallest absolute Gasteiger partial charge is 0.228 e. The topological polar surface area (TPSA) is 34.1 Å². The Morgan fingerprint density at radius 3 is 2.00 bits per heavy atom. The Labute approximate surface area is 153 Å². The third kappa shape index (κ3) is 5.34. The average molecular weight is 384 g/mol. The molecule has 0 aromatic heterocycles. The van der Waals surface area contributed by atoms with E-state index in [1.807, 2.05) is 12.1 Å². The van der Waals surface area contributed by atoms with E-state index < -0.39 is 26.8 Å². The second-order valence-corrected chi connectivity index (χ2v) is 9.37. The lowest BCUT2D eigenvalue weighted by Crippen LogP contribution is -2.15. The number of aryl methyl sites for hydroxylation is 3. The number of hydrogen-bond donors (Lipinski definition) is 0. The summed E-state index contributed by atoms with van der Waals surface area (Å²) in [5.41, 5.74) is 2.64. The van der Waals surface area contributed by atoms with Crippen molar-refractivity contribution in [2.75, 3.05) is 0 Å². The van der Waals surface area contributed by atoms with E-state index in [1.54, 1.807) is 32.9 Å². The molecule has 2 nitrogen and oxygen atoms in total. The molecule has 0 saturated heterocycles. The molecule has 0 atom stereocenters. The Morgan fingerprint density at radius 1 is 0.923 bits per heavy atom. The third-order valence-corrected chi connectivity index (χ3v) is 6.63. The molecule has 0 aliphatic heterocycles. The number of hydrogen-bond acceptors (Lipinski definition) is 2. The Kier molecular flexibility index (Phi) is 6.17. The van der Waals surface area contributed by atoms with E-state index in [0.717, 1.165) is 22.8 Å². The molecule has 0 amide bonds. The second-order valence-electron chi connectivity index (χ2n) is 6.81. The zero-order chi connectivity index (χ0) is 19.5. The SMILES string of the molecule is Cc1cc(C(F)(F)F)ccc1CCc1ccc(CS(=O)(=O)C(C)C)cc1. The maximum Gasteiger partial charge on any atom is 0.416 e. The van der Waals surface area contributed by atoms with E-state index >= 15 is 0 Å². The Bertz CT molecular complexity index is 852. The Hall–Kier alpha value is -1.82. The van der Waals surface area contributed by atoms with Gasteiger partial charge in [-0.25, -0.2) is 8.42 Å². The van der Waals surface area contributed by atoms with Crippen molar-refractivity contribution in [2.45, 2.75) is 50.8 Å². The molecule has 2 aromatic carbocycles. The van der Waals surface area contributed by atoms with Crippen molar-refractivity contribution in [1.82, 2.24) is 0 Å². The zero-order valence-electron chi connectivity index (χ0n) is 15.1. The molecule has 26 heavy (non-hydrogen) atoms. The molecule has 2 rings (SSSR count). The van der Waals surface area contributed by atoms with Crippen LogP contribution in [-0.2, 0) is 34.6 Å². The summed E-state index contributed by atoms with van der Waals surface area (Å²) in [6, 6.07) is 11.2. The molecule has 0 fully saturated rings. The summed E-state index contributed by atoms with van der Waals surface area (Å²) in [6.07, 6.45) is -3.01. The van der Waals surface area contributed by atoms with Gasteiger partial charge in [0, 0.05) is 0 Å². The predicted octanol–water partition coefficient (Wildman–Crippen LogP) is 5.12. The molecule has 0 heterocycles. The lowest BCUT2D eigenvalue weighted by molar-refractivity contribution is -0.137. The summed E-state index contributed by atoms with van der Waals surface area (Å²) in [5, 5.41) is -0.412. The van der Waals surface area contributed by atoms with Gasteiger partial charge in [-0.3, -0.25) is 0 Å². The minimum absolute atomic E-state index is 0.0168. The van der Waals surface area contributed by atoms with Gasteiger partial charge in [-0.15, -0.1) is 0 Å². The molecular weight excluding hydrogens is 361 g/mol. The summed E-state index contributed by atoms with van der Waals surface area (Å²) >= 11 is 0. The molecule has 0 spiro atoms. The van der Waals surface area contributed by atoms with Crippen LogP contribution in [0.2, 0.25) is 0 Å². The van der Waals surface area contributed by atoms with E-state index in [0.29, 0.717) is 18.4 Å². The van der Waals surface area contributed by atoms with E-state index in [9.17, 15) is 21.6 Å². The van der Waals surface area contributed by atoms with Crippen LogP contribution in [0, 0.1) is 6.92 Å². The monoisotopic (exact) mass is 384 g/mol. The van der Waals surface area contributed by atoms with Crippen LogP contribution in [-0.4, -0.2) is 13.7 Å². The van der Waals surface area contributed by atoms with Crippen molar-refractivity contribution in [3.05, 3.63) is 70.3 Å². The normalized spacial score (nSPS) is 12.6. The molecule has 0 radical (unpaired) electrons. The first-order valence-corrected chi connectivity index (χ1v) is 10.2. The number of alkyl halides is 3. The maximum absolute atomic E-state index is 12.7. The van der Waals surface area contributed by atoms with Crippen LogP contribution in [0.4, 0.5) is 13.2 Å². The molecule has 6 heteroatoms. The summed E-state index contributed by atoms with van der Waals surface area (Å²) in [4.78, 5) is 0. The zero-order valence-corrected chi connectivity index (χ0v) is 15.9. The third-order valence-electron chi connectivity index (χ3n) is 4.46. The first-order valence-electron chi connectivity index (χ1n) is 8.45. The van der Waals surface area contributed by atoms with Gasteiger partial charge in [-0.05, 0) is 68.0 Å². The summed E-state index contributed by atoms with van der Waals surface area (Å²) in [7, 11) is -3.13. The number of halogens is 3. The van der Waals surface area contributed by atoms with E-state index in [2.05, 4.69) is 0 Å². The number of rotatable bonds is 6. The van der Waals surface area contributed by atoms with Crippen molar-refractivity contribution < 1.29 is 21.6 Å². The largest absolute Gasteiger partial charge is 0.416 e. The summed E-state index contributed by atoms with van der Waals surface area (Å²) < 4.78 is 62.0. The van der Waals surface area contributed by atoms with Crippen LogP contribution in [0.3, 0.4) is 0 Å². The molecule has 142 valence electrons. The van der Waals surface area contributed by atoms with Crippen molar-refractivity contribution in [2.24, 2.45) is 0 Å². The van der Waals surface area contributed by atoms with Crippen LogP contribution in [0.15, 0.2) is 42.5 Å². The molecule has 2 aromatic rings. The van der Waals surface area contributed by atoms with Gasteiger partial charge >= 0.3 is 6.18 Å². The van der Waals surface area contributed by atoms with Gasteiger partial charge in [0.25, 0.3) is 0 Å². The molecular formula is C20H23F3O2S. The van der Waals surface area contributed by atoms with Gasteiger partial charge < -0.3 is 0 Å². The van der Waals surface area contributed by atoms with Gasteiger partial charge in [0.05, 0.1) is 16.6 Å². The average Bonchev–Trinajstić information content (AvgIpc) is 2.53. The second kappa shape index (κ2) is 7.82. The quantitative estimate of drug-likeness (QED) is 0.693. The fourth-order valence-corrected chi connectivity index (χ4v) is 3.62. The van der Waals surface area contributed by atoms with Crippen molar-refractivity contribution in [3.8, 4) is 0 Å².